The molecule has 0 fully saturated rings. The number of nitrogens with zero attached hydrogens (tertiary/aromatic N) is 1. The minimum atomic E-state index is -0.247. The predicted octanol–water partition coefficient (Wildman–Crippen LogP) is 6.44. The molecule has 4 aromatic rings. The molecule has 0 amide bonds. The Bertz CT molecular complexity index is 1320. The summed E-state index contributed by atoms with van der Waals surface area (Å²) in [6, 6.07) is 32.2. The predicted molar refractivity (Wildman–Crippen MR) is 130 cm³/mol. The molecule has 0 radical (unpaired) electrons. The van der Waals surface area contributed by atoms with E-state index < -0.39 is 0 Å². The van der Waals surface area contributed by atoms with Crippen LogP contribution in [0.15, 0.2) is 108 Å². The zero-order valence-corrected chi connectivity index (χ0v) is 19.3. The summed E-state index contributed by atoms with van der Waals surface area (Å²) in [5, 5.41) is 0.616. The van der Waals surface area contributed by atoms with E-state index in [1.54, 1.807) is 0 Å². The maximum atomic E-state index is 13.5. The van der Waals surface area contributed by atoms with Crippen LogP contribution in [0.1, 0.15) is 16.7 Å². The van der Waals surface area contributed by atoms with Crippen LogP contribution in [-0.4, -0.2) is 20.9 Å². The summed E-state index contributed by atoms with van der Waals surface area (Å²) >= 11 is 6.21. The van der Waals surface area contributed by atoms with E-state index in [1.165, 1.54) is 12.1 Å². The van der Waals surface area contributed by atoms with E-state index in [1.807, 2.05) is 78.9 Å². The number of hydrogen-bond acceptors (Lipinski definition) is 2. The van der Waals surface area contributed by atoms with Gasteiger partial charge in [0.05, 0.1) is 0 Å². The fourth-order valence-electron chi connectivity index (χ4n) is 3.39. The Hall–Kier alpha value is -3.17. The molecule has 0 bridgehead atoms. The molecule has 0 unspecified atom stereocenters. The average molecular weight is 505 g/mol. The monoisotopic (exact) mass is 505 g/mol. The van der Waals surface area contributed by atoms with Crippen molar-refractivity contribution in [1.82, 2.24) is 0 Å². The molecule has 5 rings (SSSR count). The van der Waals surface area contributed by atoms with Gasteiger partial charge in [0.1, 0.15) is 0 Å². The molecule has 0 saturated carbocycles. The Kier molecular flexibility index (Phi) is 5.91. The Morgan fingerprint density at radius 3 is 2.22 bits per heavy atom. The second kappa shape index (κ2) is 9.13. The molecule has 32 heavy (non-hydrogen) atoms. The van der Waals surface area contributed by atoms with Crippen molar-refractivity contribution in [3.8, 4) is 0 Å². The number of ether oxygens (including phenoxy) is 1. The quantitative estimate of drug-likeness (QED) is 0.293. The fraction of sp³-hybridized carbons (Fsp3) is 0. The number of hydrogen-bond donors (Lipinski definition) is 0. The summed E-state index contributed by atoms with van der Waals surface area (Å²) in [7, 11) is 0. The average Bonchev–Trinajstić information content (AvgIpc) is 2.84. The first-order chi connectivity index (χ1) is 15.7. The third-order valence-electron chi connectivity index (χ3n) is 4.92. The van der Waals surface area contributed by atoms with Crippen molar-refractivity contribution in [2.45, 2.75) is 0 Å². The van der Waals surface area contributed by atoms with Crippen molar-refractivity contribution < 1.29 is 9.13 Å². The van der Waals surface area contributed by atoms with Gasteiger partial charge < -0.3 is 0 Å². The number of halogens is 2. The molecule has 0 aliphatic carbocycles. The molecule has 5 heteroatoms. The van der Waals surface area contributed by atoms with Gasteiger partial charge in [-0.2, -0.15) is 0 Å². The van der Waals surface area contributed by atoms with Gasteiger partial charge in [0, 0.05) is 0 Å². The summed E-state index contributed by atoms with van der Waals surface area (Å²) in [5.41, 5.74) is 3.59. The van der Waals surface area contributed by atoms with Crippen molar-refractivity contribution in [3.05, 3.63) is 131 Å². The number of aliphatic imine (C=N–C) groups is 1. The van der Waals surface area contributed by atoms with E-state index in [0.717, 1.165) is 37.1 Å². The normalized spacial score (nSPS) is 14.2. The first-order valence-corrected chi connectivity index (χ1v) is 12.1. The zero-order valence-electron chi connectivity index (χ0n) is 16.8. The second-order valence-corrected chi connectivity index (χ2v) is 9.84. The van der Waals surface area contributed by atoms with Crippen LogP contribution in [0, 0.1) is 5.82 Å². The topological polar surface area (TPSA) is 21.6 Å². The molecule has 0 atom stereocenters. The van der Waals surface area contributed by atoms with Crippen molar-refractivity contribution in [3.63, 3.8) is 0 Å². The van der Waals surface area contributed by atoms with Gasteiger partial charge in [-0.05, 0) is 0 Å². The van der Waals surface area contributed by atoms with Gasteiger partial charge in [0.15, 0.2) is 0 Å². The number of fused-ring (bicyclic) bond motifs is 1. The van der Waals surface area contributed by atoms with E-state index >= 15 is 0 Å². The molecule has 1 aliphatic rings. The van der Waals surface area contributed by atoms with Gasteiger partial charge >= 0.3 is 198 Å². The zero-order chi connectivity index (χ0) is 21.9. The molecular weight excluding hydrogens is 488 g/mol. The molecule has 0 saturated heterocycles. The van der Waals surface area contributed by atoms with E-state index in [9.17, 15) is 4.39 Å². The number of benzene rings is 4. The van der Waals surface area contributed by atoms with Crippen molar-refractivity contribution in [1.29, 1.82) is 0 Å². The molecule has 156 valence electrons. The molecule has 1 aliphatic heterocycles. The van der Waals surface area contributed by atoms with E-state index in [-0.39, 0.29) is 20.8 Å². The molecular formula is C27H17ClFNOSe. The first-order valence-electron chi connectivity index (χ1n) is 10.0. The molecule has 1 heterocycles. The van der Waals surface area contributed by atoms with Gasteiger partial charge in [-0.1, -0.05) is 0 Å². The number of rotatable bonds is 4. The molecule has 2 nitrogen and oxygen atoms in total. The van der Waals surface area contributed by atoms with E-state index in [2.05, 4.69) is 12.1 Å². The third kappa shape index (κ3) is 4.39. The summed E-state index contributed by atoms with van der Waals surface area (Å²) in [5.74, 6) is 1.02. The third-order valence-corrected chi connectivity index (χ3v) is 7.53. The summed E-state index contributed by atoms with van der Waals surface area (Å²) in [6.45, 7) is 0. The van der Waals surface area contributed by atoms with Crippen LogP contribution in [0.5, 0.6) is 0 Å². The Morgan fingerprint density at radius 2 is 1.50 bits per heavy atom. The first kappa shape index (κ1) is 20.7. The Balaban J connectivity index is 1.72. The van der Waals surface area contributed by atoms with E-state index in [4.69, 9.17) is 21.3 Å². The van der Waals surface area contributed by atoms with Gasteiger partial charge in [-0.3, -0.25) is 0 Å². The van der Waals surface area contributed by atoms with Crippen molar-refractivity contribution >= 4 is 52.8 Å². The van der Waals surface area contributed by atoms with E-state index in [0.29, 0.717) is 10.9 Å². The van der Waals surface area contributed by atoms with Crippen molar-refractivity contribution in [2.24, 2.45) is 4.99 Å². The Morgan fingerprint density at radius 1 is 0.812 bits per heavy atom. The van der Waals surface area contributed by atoms with Gasteiger partial charge in [0.25, 0.3) is 0 Å². The van der Waals surface area contributed by atoms with Crippen LogP contribution < -0.4 is 4.46 Å². The minimum absolute atomic E-state index is 0.150. The van der Waals surface area contributed by atoms with Crippen molar-refractivity contribution in [2.75, 3.05) is 0 Å². The standard InChI is InChI=1S/C27H17ClFNOSe/c28-20-11-16-24-23(17-20)25(31-27(30-24)19-9-5-2-6-10-19)26(18-7-3-1-4-8-18)32-22-14-12-21(29)13-15-22/h1-17H/b26-25-. The van der Waals surface area contributed by atoms with Crippen LogP contribution in [0.4, 0.5) is 10.1 Å². The van der Waals surface area contributed by atoms with Crippen LogP contribution in [0.25, 0.3) is 10.2 Å². The summed E-state index contributed by atoms with van der Waals surface area (Å²) in [4.78, 5) is 4.76. The maximum absolute atomic E-state index is 13.5. The van der Waals surface area contributed by atoms with Crippen LogP contribution in [0.2, 0.25) is 5.02 Å². The summed E-state index contributed by atoms with van der Waals surface area (Å²) < 4.78 is 22.1. The van der Waals surface area contributed by atoms with Crippen LogP contribution >= 0.6 is 11.6 Å². The second-order valence-electron chi connectivity index (χ2n) is 7.13. The van der Waals surface area contributed by atoms with Crippen LogP contribution in [-0.2, 0) is 4.74 Å². The SMILES string of the molecule is Fc1ccc([Se]/C(=C2\OC(c3ccccc3)=Nc3ccc(Cl)cc32)c2ccccc2)cc1. The van der Waals surface area contributed by atoms with Gasteiger partial charge in [-0.15, -0.1) is 0 Å². The van der Waals surface area contributed by atoms with Crippen LogP contribution in [0.3, 0.4) is 0 Å². The Labute approximate surface area is 197 Å². The fourth-order valence-corrected chi connectivity index (χ4v) is 5.67. The molecule has 0 spiro atoms. The molecule has 0 N–H and O–H groups in total. The molecule has 4 aromatic carbocycles. The van der Waals surface area contributed by atoms with Gasteiger partial charge in [0.2, 0.25) is 0 Å². The van der Waals surface area contributed by atoms with Gasteiger partial charge in [-0.25, -0.2) is 0 Å². The molecule has 0 aromatic heterocycles. The summed E-state index contributed by atoms with van der Waals surface area (Å²) in [6.07, 6.45) is 0.